The fourth-order valence-corrected chi connectivity index (χ4v) is 1.45. The van der Waals surface area contributed by atoms with Crippen LogP contribution in [0.5, 0.6) is 0 Å². The molecule has 2 rings (SSSR count). The maximum Gasteiger partial charge on any atom is 0.0731 e. The van der Waals surface area contributed by atoms with Crippen molar-refractivity contribution in [1.82, 2.24) is 14.8 Å². The van der Waals surface area contributed by atoms with Crippen LogP contribution >= 0.6 is 0 Å². The van der Waals surface area contributed by atoms with Crippen molar-refractivity contribution in [2.24, 2.45) is 7.05 Å². The second-order valence-electron chi connectivity index (χ2n) is 3.52. The van der Waals surface area contributed by atoms with E-state index in [0.29, 0.717) is 0 Å². The number of aromatic nitrogens is 3. The topological polar surface area (TPSA) is 42.7 Å². The number of nitrogens with zero attached hydrogens (tertiary/aromatic N) is 3. The molecular formula is C11H14N4. The Hall–Kier alpha value is -1.84. The molecule has 2 aromatic heterocycles. The molecule has 0 aliphatic rings. The second-order valence-corrected chi connectivity index (χ2v) is 3.52. The molecule has 0 unspecified atom stereocenters. The Kier molecular flexibility index (Phi) is 2.67. The summed E-state index contributed by atoms with van der Waals surface area (Å²) in [4.78, 5) is 4.29. The number of pyridine rings is 1. The molecule has 0 bridgehead atoms. The molecule has 4 heteroatoms. The minimum absolute atomic E-state index is 0.190. The largest absolute Gasteiger partial charge is 0.374 e. The van der Waals surface area contributed by atoms with Crippen molar-refractivity contribution in [1.29, 1.82) is 0 Å². The van der Waals surface area contributed by atoms with Crippen molar-refractivity contribution >= 4 is 5.69 Å². The Bertz CT molecular complexity index is 421. The first-order chi connectivity index (χ1) is 7.25. The van der Waals surface area contributed by atoms with Crippen molar-refractivity contribution in [3.8, 4) is 0 Å². The van der Waals surface area contributed by atoms with Gasteiger partial charge < -0.3 is 5.32 Å². The minimum Gasteiger partial charge on any atom is -0.374 e. The fraction of sp³-hybridized carbons (Fsp3) is 0.273. The minimum atomic E-state index is 0.190. The molecule has 1 atom stereocenters. The van der Waals surface area contributed by atoms with Crippen LogP contribution < -0.4 is 5.32 Å². The summed E-state index contributed by atoms with van der Waals surface area (Å²) in [5.41, 5.74) is 2.04. The van der Waals surface area contributed by atoms with E-state index >= 15 is 0 Å². The van der Waals surface area contributed by atoms with E-state index in [4.69, 9.17) is 0 Å². The smallest absolute Gasteiger partial charge is 0.0731 e. The number of aryl methyl sites for hydroxylation is 1. The van der Waals surface area contributed by atoms with Gasteiger partial charge in [0.25, 0.3) is 0 Å². The van der Waals surface area contributed by atoms with Gasteiger partial charge in [0.15, 0.2) is 0 Å². The van der Waals surface area contributed by atoms with Crippen molar-refractivity contribution < 1.29 is 0 Å². The molecule has 1 N–H and O–H groups in total. The predicted molar refractivity (Wildman–Crippen MR) is 59.5 cm³/mol. The molecule has 0 aliphatic heterocycles. The second kappa shape index (κ2) is 4.13. The summed E-state index contributed by atoms with van der Waals surface area (Å²) in [5, 5.41) is 7.43. The summed E-state index contributed by atoms with van der Waals surface area (Å²) in [5.74, 6) is 0. The Morgan fingerprint density at radius 3 is 2.87 bits per heavy atom. The Labute approximate surface area is 89.0 Å². The standard InChI is InChI=1S/C11H14N4/c1-9(11-5-3-4-6-12-11)14-10-7-13-15(2)8-10/h3-9,14H,1-2H3/t9-/m0/s1. The zero-order valence-electron chi connectivity index (χ0n) is 8.88. The van der Waals surface area contributed by atoms with Crippen LogP contribution in [0, 0.1) is 0 Å². The maximum absolute atomic E-state index is 4.29. The van der Waals surface area contributed by atoms with Crippen LogP contribution in [0.2, 0.25) is 0 Å². The summed E-state index contributed by atoms with van der Waals surface area (Å²) in [7, 11) is 1.90. The van der Waals surface area contributed by atoms with Gasteiger partial charge in [-0.05, 0) is 19.1 Å². The summed E-state index contributed by atoms with van der Waals surface area (Å²) in [6, 6.07) is 6.10. The van der Waals surface area contributed by atoms with E-state index in [2.05, 4.69) is 22.3 Å². The van der Waals surface area contributed by atoms with Gasteiger partial charge in [-0.2, -0.15) is 5.10 Å². The van der Waals surface area contributed by atoms with Crippen molar-refractivity contribution in [2.75, 3.05) is 5.32 Å². The normalized spacial score (nSPS) is 12.4. The first-order valence-corrected chi connectivity index (χ1v) is 4.92. The molecule has 4 nitrogen and oxygen atoms in total. The van der Waals surface area contributed by atoms with E-state index in [-0.39, 0.29) is 6.04 Å². The third-order valence-electron chi connectivity index (χ3n) is 2.22. The van der Waals surface area contributed by atoms with Crippen LogP contribution in [0.1, 0.15) is 18.7 Å². The van der Waals surface area contributed by atoms with Crippen molar-refractivity contribution in [3.63, 3.8) is 0 Å². The first kappa shape index (κ1) is 9.71. The van der Waals surface area contributed by atoms with Crippen LogP contribution in [-0.2, 0) is 7.05 Å². The predicted octanol–water partition coefficient (Wildman–Crippen LogP) is 1.99. The molecule has 15 heavy (non-hydrogen) atoms. The number of rotatable bonds is 3. The molecule has 0 saturated carbocycles. The number of hydrogen-bond donors (Lipinski definition) is 1. The lowest BCUT2D eigenvalue weighted by molar-refractivity contribution is 0.767. The highest BCUT2D eigenvalue weighted by molar-refractivity contribution is 5.40. The highest BCUT2D eigenvalue weighted by atomic mass is 15.3. The summed E-state index contributed by atoms with van der Waals surface area (Å²) in [6.45, 7) is 2.08. The SMILES string of the molecule is C[C@H](Nc1cnn(C)c1)c1ccccn1. The fourth-order valence-electron chi connectivity index (χ4n) is 1.45. The average Bonchev–Trinajstić information content (AvgIpc) is 2.65. The van der Waals surface area contributed by atoms with Crippen LogP contribution in [0.25, 0.3) is 0 Å². The lowest BCUT2D eigenvalue weighted by atomic mass is 10.2. The summed E-state index contributed by atoms with van der Waals surface area (Å²) < 4.78 is 1.77. The molecule has 0 amide bonds. The third-order valence-corrected chi connectivity index (χ3v) is 2.22. The van der Waals surface area contributed by atoms with E-state index in [1.54, 1.807) is 17.1 Å². The Morgan fingerprint density at radius 2 is 2.27 bits per heavy atom. The van der Waals surface area contributed by atoms with Gasteiger partial charge in [0.2, 0.25) is 0 Å². The monoisotopic (exact) mass is 202 g/mol. The van der Waals surface area contributed by atoms with E-state index in [1.807, 2.05) is 31.4 Å². The quantitative estimate of drug-likeness (QED) is 0.827. The lowest BCUT2D eigenvalue weighted by Gasteiger charge is -2.12. The van der Waals surface area contributed by atoms with Crippen LogP contribution in [-0.4, -0.2) is 14.8 Å². The highest BCUT2D eigenvalue weighted by Gasteiger charge is 2.06. The maximum atomic E-state index is 4.29. The molecule has 0 aliphatic carbocycles. The first-order valence-electron chi connectivity index (χ1n) is 4.92. The molecule has 2 aromatic rings. The molecule has 78 valence electrons. The van der Waals surface area contributed by atoms with Gasteiger partial charge in [-0.3, -0.25) is 9.67 Å². The molecule has 2 heterocycles. The van der Waals surface area contributed by atoms with Crippen LogP contribution in [0.15, 0.2) is 36.8 Å². The van der Waals surface area contributed by atoms with Crippen molar-refractivity contribution in [2.45, 2.75) is 13.0 Å². The molecule has 0 fully saturated rings. The summed E-state index contributed by atoms with van der Waals surface area (Å²) >= 11 is 0. The molecule has 0 saturated heterocycles. The van der Waals surface area contributed by atoms with Gasteiger partial charge in [0.05, 0.1) is 23.6 Å². The van der Waals surface area contributed by atoms with Gasteiger partial charge in [-0.15, -0.1) is 0 Å². The van der Waals surface area contributed by atoms with E-state index in [1.165, 1.54) is 0 Å². The summed E-state index contributed by atoms with van der Waals surface area (Å²) in [6.07, 6.45) is 5.55. The zero-order chi connectivity index (χ0) is 10.7. The van der Waals surface area contributed by atoms with Gasteiger partial charge in [-0.25, -0.2) is 0 Å². The van der Waals surface area contributed by atoms with Gasteiger partial charge >= 0.3 is 0 Å². The third kappa shape index (κ3) is 2.34. The number of hydrogen-bond acceptors (Lipinski definition) is 3. The molecule has 0 radical (unpaired) electrons. The van der Waals surface area contributed by atoms with Crippen LogP contribution in [0.4, 0.5) is 5.69 Å². The van der Waals surface area contributed by atoms with E-state index in [9.17, 15) is 0 Å². The Morgan fingerprint density at radius 1 is 1.40 bits per heavy atom. The highest BCUT2D eigenvalue weighted by Crippen LogP contribution is 2.15. The van der Waals surface area contributed by atoms with Crippen LogP contribution in [0.3, 0.4) is 0 Å². The Balaban J connectivity index is 2.07. The molecule has 0 spiro atoms. The van der Waals surface area contributed by atoms with Gasteiger partial charge in [0, 0.05) is 19.4 Å². The number of anilines is 1. The lowest BCUT2D eigenvalue weighted by Crippen LogP contribution is -2.07. The molecule has 0 aromatic carbocycles. The van der Waals surface area contributed by atoms with E-state index in [0.717, 1.165) is 11.4 Å². The van der Waals surface area contributed by atoms with Gasteiger partial charge in [0.1, 0.15) is 0 Å². The van der Waals surface area contributed by atoms with E-state index < -0.39 is 0 Å². The number of nitrogens with one attached hydrogen (secondary N) is 1. The molecular weight excluding hydrogens is 188 g/mol. The van der Waals surface area contributed by atoms with Gasteiger partial charge in [-0.1, -0.05) is 6.07 Å². The average molecular weight is 202 g/mol. The van der Waals surface area contributed by atoms with Crippen molar-refractivity contribution in [3.05, 3.63) is 42.5 Å². The zero-order valence-corrected chi connectivity index (χ0v) is 8.88.